The number of carbonyl (C=O) groups is 1. The van der Waals surface area contributed by atoms with Gasteiger partial charge < -0.3 is 15.2 Å². The van der Waals surface area contributed by atoms with Crippen molar-refractivity contribution in [1.82, 2.24) is 4.98 Å². The number of ether oxygens (including phenoxy) is 2. The first kappa shape index (κ1) is 13.1. The molecule has 0 unspecified atom stereocenters. The van der Waals surface area contributed by atoms with E-state index < -0.39 is 18.1 Å². The second-order valence-electron chi connectivity index (χ2n) is 3.18. The molecule has 0 atom stereocenters. The summed E-state index contributed by atoms with van der Waals surface area (Å²) in [6.45, 7) is 0. The zero-order chi connectivity index (χ0) is 13.0. The van der Waals surface area contributed by atoms with Crippen molar-refractivity contribution in [2.45, 2.75) is 12.8 Å². The van der Waals surface area contributed by atoms with Gasteiger partial charge in [0.05, 0.1) is 20.6 Å². The van der Waals surface area contributed by atoms with Crippen LogP contribution in [0.3, 0.4) is 0 Å². The first-order valence-corrected chi connectivity index (χ1v) is 4.67. The zero-order valence-corrected chi connectivity index (χ0v) is 9.37. The highest BCUT2D eigenvalue weighted by Gasteiger charge is 2.19. The molecule has 0 saturated carbocycles. The van der Waals surface area contributed by atoms with Crippen LogP contribution in [0.15, 0.2) is 6.07 Å². The van der Waals surface area contributed by atoms with E-state index >= 15 is 0 Å². The van der Waals surface area contributed by atoms with Gasteiger partial charge in [0.25, 0.3) is 6.43 Å². The summed E-state index contributed by atoms with van der Waals surface area (Å²) in [6, 6.07) is 1.02. The number of nitrogen functional groups attached to an aromatic ring is 1. The molecule has 1 aromatic heterocycles. The highest BCUT2D eigenvalue weighted by Crippen LogP contribution is 2.28. The van der Waals surface area contributed by atoms with E-state index in [-0.39, 0.29) is 23.6 Å². The average Bonchev–Trinajstić information content (AvgIpc) is 2.30. The third-order valence-corrected chi connectivity index (χ3v) is 2.11. The molecule has 0 saturated heterocycles. The van der Waals surface area contributed by atoms with Crippen molar-refractivity contribution >= 4 is 11.7 Å². The molecule has 1 aromatic rings. The fourth-order valence-electron chi connectivity index (χ4n) is 1.26. The molecule has 5 nitrogen and oxygen atoms in total. The van der Waals surface area contributed by atoms with Gasteiger partial charge in [-0.1, -0.05) is 0 Å². The fraction of sp³-hybridized carbons (Fsp3) is 0.400. The molecule has 1 rings (SSSR count). The number of hydrogen-bond donors (Lipinski definition) is 1. The van der Waals surface area contributed by atoms with Gasteiger partial charge in [-0.3, -0.25) is 4.79 Å². The highest BCUT2D eigenvalue weighted by molar-refractivity contribution is 5.76. The molecular weight excluding hydrogens is 234 g/mol. The van der Waals surface area contributed by atoms with Gasteiger partial charge in [-0.25, -0.2) is 13.8 Å². The van der Waals surface area contributed by atoms with Crippen molar-refractivity contribution in [2.75, 3.05) is 20.0 Å². The van der Waals surface area contributed by atoms with Crippen molar-refractivity contribution in [1.29, 1.82) is 0 Å². The molecule has 0 amide bonds. The molecule has 7 heteroatoms. The van der Waals surface area contributed by atoms with Crippen LogP contribution in [0.25, 0.3) is 0 Å². The Morgan fingerprint density at radius 3 is 2.65 bits per heavy atom. The van der Waals surface area contributed by atoms with Crippen molar-refractivity contribution < 1.29 is 23.0 Å². The van der Waals surface area contributed by atoms with E-state index in [1.54, 1.807) is 0 Å². The van der Waals surface area contributed by atoms with E-state index in [9.17, 15) is 13.6 Å². The van der Waals surface area contributed by atoms with E-state index in [0.29, 0.717) is 0 Å². The number of pyridine rings is 1. The third kappa shape index (κ3) is 3.02. The molecule has 0 spiro atoms. The van der Waals surface area contributed by atoms with Crippen LogP contribution in [0.5, 0.6) is 5.88 Å². The van der Waals surface area contributed by atoms with Crippen molar-refractivity contribution in [3.05, 3.63) is 17.3 Å². The predicted octanol–water partition coefficient (Wildman–Crippen LogP) is 1.33. The molecule has 0 aliphatic carbocycles. The lowest BCUT2D eigenvalue weighted by atomic mass is 10.1. The van der Waals surface area contributed by atoms with E-state index in [2.05, 4.69) is 9.72 Å². The van der Waals surface area contributed by atoms with Gasteiger partial charge in [0.15, 0.2) is 0 Å². The number of nitrogens with two attached hydrogens (primary N) is 1. The number of esters is 1. The summed E-state index contributed by atoms with van der Waals surface area (Å²) < 4.78 is 34.2. The Bertz CT molecular complexity index is 424. The summed E-state index contributed by atoms with van der Waals surface area (Å²) in [7, 11) is 2.48. The number of alkyl halides is 2. The minimum absolute atomic E-state index is 0.0255. The monoisotopic (exact) mass is 246 g/mol. The Morgan fingerprint density at radius 2 is 2.18 bits per heavy atom. The number of halogens is 2. The summed E-state index contributed by atoms with van der Waals surface area (Å²) >= 11 is 0. The SMILES string of the molecule is COC(=O)Cc1c(N)cc(C(F)F)nc1OC. The Kier molecular flexibility index (Phi) is 4.19. The molecule has 0 aromatic carbocycles. The topological polar surface area (TPSA) is 74.4 Å². The quantitative estimate of drug-likeness (QED) is 0.811. The van der Waals surface area contributed by atoms with E-state index in [1.165, 1.54) is 14.2 Å². The molecule has 94 valence electrons. The van der Waals surface area contributed by atoms with Gasteiger partial charge in [0, 0.05) is 11.3 Å². The normalized spacial score (nSPS) is 10.4. The summed E-state index contributed by atoms with van der Waals surface area (Å²) in [6.07, 6.45) is -2.93. The van der Waals surface area contributed by atoms with Gasteiger partial charge in [0.2, 0.25) is 5.88 Å². The number of methoxy groups -OCH3 is 2. The lowest BCUT2D eigenvalue weighted by Crippen LogP contribution is -2.10. The van der Waals surface area contributed by atoms with Crippen molar-refractivity contribution in [3.8, 4) is 5.88 Å². The summed E-state index contributed by atoms with van der Waals surface area (Å²) in [5.41, 5.74) is 5.35. The minimum atomic E-state index is -2.75. The van der Waals surface area contributed by atoms with Crippen LogP contribution in [0.1, 0.15) is 17.7 Å². The molecule has 1 heterocycles. The Morgan fingerprint density at radius 1 is 1.53 bits per heavy atom. The van der Waals surface area contributed by atoms with Crippen molar-refractivity contribution in [2.24, 2.45) is 0 Å². The van der Waals surface area contributed by atoms with Gasteiger partial charge in [-0.05, 0) is 6.07 Å². The average molecular weight is 246 g/mol. The highest BCUT2D eigenvalue weighted by atomic mass is 19.3. The summed E-state index contributed by atoms with van der Waals surface area (Å²) in [5, 5.41) is 0. The maximum atomic E-state index is 12.5. The Balaban J connectivity index is 3.16. The molecular formula is C10H12F2N2O3. The molecule has 17 heavy (non-hydrogen) atoms. The molecule has 0 aliphatic heterocycles. The number of aromatic nitrogens is 1. The lowest BCUT2D eigenvalue weighted by molar-refractivity contribution is -0.139. The van der Waals surface area contributed by atoms with Gasteiger partial charge in [-0.2, -0.15) is 0 Å². The second kappa shape index (κ2) is 5.42. The Hall–Kier alpha value is -1.92. The van der Waals surface area contributed by atoms with Crippen LogP contribution in [0.4, 0.5) is 14.5 Å². The maximum absolute atomic E-state index is 12.5. The van der Waals surface area contributed by atoms with Gasteiger partial charge in [0.1, 0.15) is 5.69 Å². The van der Waals surface area contributed by atoms with Crippen LogP contribution < -0.4 is 10.5 Å². The second-order valence-corrected chi connectivity index (χ2v) is 3.18. The molecule has 2 N–H and O–H groups in total. The predicted molar refractivity (Wildman–Crippen MR) is 55.9 cm³/mol. The number of nitrogens with zero attached hydrogens (tertiary/aromatic N) is 1. The number of carbonyl (C=O) groups excluding carboxylic acids is 1. The third-order valence-electron chi connectivity index (χ3n) is 2.11. The van der Waals surface area contributed by atoms with E-state index in [0.717, 1.165) is 6.07 Å². The largest absolute Gasteiger partial charge is 0.481 e. The smallest absolute Gasteiger partial charge is 0.310 e. The Labute approximate surface area is 96.5 Å². The molecule has 0 bridgehead atoms. The zero-order valence-electron chi connectivity index (χ0n) is 9.37. The minimum Gasteiger partial charge on any atom is -0.481 e. The van der Waals surface area contributed by atoms with Crippen LogP contribution in [-0.4, -0.2) is 25.2 Å². The van der Waals surface area contributed by atoms with Crippen LogP contribution in [0, 0.1) is 0 Å². The number of hydrogen-bond acceptors (Lipinski definition) is 5. The van der Waals surface area contributed by atoms with Gasteiger partial charge in [-0.15, -0.1) is 0 Å². The van der Waals surface area contributed by atoms with E-state index in [1.807, 2.05) is 0 Å². The first-order valence-electron chi connectivity index (χ1n) is 4.67. The van der Waals surface area contributed by atoms with Crippen LogP contribution in [0.2, 0.25) is 0 Å². The molecule has 0 radical (unpaired) electrons. The fourth-order valence-corrected chi connectivity index (χ4v) is 1.26. The van der Waals surface area contributed by atoms with Crippen LogP contribution in [-0.2, 0) is 16.0 Å². The summed E-state index contributed by atoms with van der Waals surface area (Å²) in [5.74, 6) is -0.646. The van der Waals surface area contributed by atoms with E-state index in [4.69, 9.17) is 10.5 Å². The summed E-state index contributed by atoms with van der Waals surface area (Å²) in [4.78, 5) is 14.7. The number of anilines is 1. The van der Waals surface area contributed by atoms with Gasteiger partial charge >= 0.3 is 5.97 Å². The first-order chi connectivity index (χ1) is 7.99. The lowest BCUT2D eigenvalue weighted by Gasteiger charge is -2.11. The van der Waals surface area contributed by atoms with Crippen molar-refractivity contribution in [3.63, 3.8) is 0 Å². The van der Waals surface area contributed by atoms with Crippen LogP contribution >= 0.6 is 0 Å². The number of rotatable bonds is 4. The molecule has 0 fully saturated rings. The standard InChI is InChI=1S/C10H12F2N2O3/c1-16-8(15)3-5-6(13)4-7(9(11)12)14-10(5)17-2/h4,9H,3H2,1-2H3,(H2,13,14). The molecule has 0 aliphatic rings. The maximum Gasteiger partial charge on any atom is 0.310 e.